The molecule has 1 fully saturated rings. The average Bonchev–Trinajstić information content (AvgIpc) is 3.31. The van der Waals surface area contributed by atoms with Crippen LogP contribution < -0.4 is 15.0 Å². The number of fused-ring (bicyclic) bond motifs is 1. The van der Waals surface area contributed by atoms with E-state index in [0.29, 0.717) is 17.5 Å². The van der Waals surface area contributed by atoms with Crippen molar-refractivity contribution >= 4 is 11.6 Å². The van der Waals surface area contributed by atoms with Crippen LogP contribution in [0.2, 0.25) is 0 Å². The molecule has 3 aromatic rings. The van der Waals surface area contributed by atoms with E-state index in [1.807, 2.05) is 23.2 Å². The number of carbonyl (C=O) groups is 1. The van der Waals surface area contributed by atoms with Crippen molar-refractivity contribution in [3.63, 3.8) is 0 Å². The monoisotopic (exact) mass is 448 g/mol. The lowest BCUT2D eigenvalue weighted by Gasteiger charge is -2.36. The topological polar surface area (TPSA) is 59.4 Å². The van der Waals surface area contributed by atoms with Gasteiger partial charge in [0.2, 0.25) is 5.91 Å². The minimum Gasteiger partial charge on any atom is -0.456 e. The highest BCUT2D eigenvalue weighted by Gasteiger charge is 2.30. The molecule has 0 aliphatic carbocycles. The van der Waals surface area contributed by atoms with Gasteiger partial charge in [0.1, 0.15) is 17.3 Å². The molecule has 3 heterocycles. The molecule has 0 bridgehead atoms. The zero-order valence-corrected chi connectivity index (χ0v) is 19.1. The van der Waals surface area contributed by atoms with Gasteiger partial charge in [0.05, 0.1) is 17.9 Å². The minimum atomic E-state index is -0.308. The summed E-state index contributed by atoms with van der Waals surface area (Å²) >= 11 is 0. The van der Waals surface area contributed by atoms with Gasteiger partial charge in [-0.2, -0.15) is 5.10 Å². The lowest BCUT2D eigenvalue weighted by Crippen LogP contribution is -2.40. The van der Waals surface area contributed by atoms with E-state index < -0.39 is 0 Å². The molecule has 33 heavy (non-hydrogen) atoms. The molecule has 2 aliphatic heterocycles. The Morgan fingerprint density at radius 3 is 2.61 bits per heavy atom. The number of nitrogens with one attached hydrogen (secondary N) is 1. The van der Waals surface area contributed by atoms with Crippen LogP contribution in [0.4, 0.5) is 10.1 Å². The Morgan fingerprint density at radius 1 is 1.12 bits per heavy atom. The molecule has 1 saturated heterocycles. The second-order valence-corrected chi connectivity index (χ2v) is 8.96. The fourth-order valence-electron chi connectivity index (χ4n) is 5.00. The Kier molecular flexibility index (Phi) is 5.89. The number of hydrogen-bond acceptors (Lipinski definition) is 4. The summed E-state index contributed by atoms with van der Waals surface area (Å²) in [6.45, 7) is 5.66. The molecule has 0 spiro atoms. The highest BCUT2D eigenvalue weighted by molar-refractivity contribution is 5.95. The van der Waals surface area contributed by atoms with Crippen molar-refractivity contribution in [3.8, 4) is 22.6 Å². The predicted molar refractivity (Wildman–Crippen MR) is 126 cm³/mol. The maximum absolute atomic E-state index is 13.5. The Labute approximate surface area is 193 Å². The summed E-state index contributed by atoms with van der Waals surface area (Å²) in [6.07, 6.45) is 7.72. The molecule has 5 rings (SSSR count). The van der Waals surface area contributed by atoms with Crippen LogP contribution in [0.1, 0.15) is 44.7 Å². The fraction of sp³-hybridized carbons (Fsp3) is 0.385. The number of halogens is 1. The number of nitrogens with zero attached hydrogens (tertiary/aromatic N) is 3. The van der Waals surface area contributed by atoms with Crippen molar-refractivity contribution < 1.29 is 13.9 Å². The van der Waals surface area contributed by atoms with Crippen molar-refractivity contribution in [2.75, 3.05) is 18.0 Å². The summed E-state index contributed by atoms with van der Waals surface area (Å²) in [6, 6.07) is 10.6. The lowest BCUT2D eigenvalue weighted by molar-refractivity contribution is -0.117. The quantitative estimate of drug-likeness (QED) is 0.604. The van der Waals surface area contributed by atoms with Gasteiger partial charge in [-0.25, -0.2) is 4.39 Å². The summed E-state index contributed by atoms with van der Waals surface area (Å²) in [5.74, 6) is 0.979. The number of rotatable bonds is 4. The standard InChI is InChI=1S/C26H29FN4O2/c1-17-3-8-24-25(31(17)18(2)32)10-9-23(26(24)33-22-6-4-20(27)5-7-22)19-15-29-30(16-19)21-11-13-28-14-12-21/h4-7,9-10,15-17,21,28H,3,8,11-14H2,1-2H3. The van der Waals surface area contributed by atoms with Crippen LogP contribution in [0, 0.1) is 5.82 Å². The van der Waals surface area contributed by atoms with E-state index in [0.717, 1.165) is 61.2 Å². The van der Waals surface area contributed by atoms with Gasteiger partial charge >= 0.3 is 0 Å². The molecule has 2 aliphatic rings. The number of benzene rings is 2. The van der Waals surface area contributed by atoms with Gasteiger partial charge in [0.15, 0.2) is 0 Å². The van der Waals surface area contributed by atoms with Crippen molar-refractivity contribution in [2.24, 2.45) is 0 Å². The molecule has 6 nitrogen and oxygen atoms in total. The van der Waals surface area contributed by atoms with Crippen molar-refractivity contribution in [1.82, 2.24) is 15.1 Å². The average molecular weight is 449 g/mol. The van der Waals surface area contributed by atoms with E-state index in [1.54, 1.807) is 19.1 Å². The third-order valence-electron chi connectivity index (χ3n) is 6.72. The van der Waals surface area contributed by atoms with E-state index in [9.17, 15) is 9.18 Å². The van der Waals surface area contributed by atoms with Gasteiger partial charge in [0.25, 0.3) is 0 Å². The van der Waals surface area contributed by atoms with Crippen LogP contribution in [-0.2, 0) is 11.2 Å². The maximum Gasteiger partial charge on any atom is 0.224 e. The predicted octanol–water partition coefficient (Wildman–Crippen LogP) is 5.09. The molecule has 1 atom stereocenters. The molecular weight excluding hydrogens is 419 g/mol. The zero-order chi connectivity index (χ0) is 22.9. The third kappa shape index (κ3) is 4.25. The Morgan fingerprint density at radius 2 is 1.88 bits per heavy atom. The van der Waals surface area contributed by atoms with Crippen molar-refractivity contribution in [1.29, 1.82) is 0 Å². The van der Waals surface area contributed by atoms with Gasteiger partial charge in [-0.1, -0.05) is 0 Å². The first-order valence-corrected chi connectivity index (χ1v) is 11.7. The summed E-state index contributed by atoms with van der Waals surface area (Å²) in [5, 5.41) is 8.06. The minimum absolute atomic E-state index is 0.0164. The molecule has 1 N–H and O–H groups in total. The number of carbonyl (C=O) groups excluding carboxylic acids is 1. The first-order chi connectivity index (χ1) is 16.0. The second-order valence-electron chi connectivity index (χ2n) is 8.96. The largest absolute Gasteiger partial charge is 0.456 e. The summed E-state index contributed by atoms with van der Waals surface area (Å²) in [5.41, 5.74) is 3.78. The summed E-state index contributed by atoms with van der Waals surface area (Å²) < 4.78 is 21.9. The molecule has 1 unspecified atom stereocenters. The van der Waals surface area contributed by atoms with Crippen LogP contribution in [0.25, 0.3) is 11.1 Å². The number of piperidine rings is 1. The van der Waals surface area contributed by atoms with Crippen LogP contribution in [-0.4, -0.2) is 34.8 Å². The Hall–Kier alpha value is -3.19. The Balaban J connectivity index is 1.59. The van der Waals surface area contributed by atoms with Crippen molar-refractivity contribution in [3.05, 3.63) is 60.2 Å². The number of ether oxygens (including phenoxy) is 1. The highest BCUT2D eigenvalue weighted by Crippen LogP contribution is 2.44. The molecule has 0 radical (unpaired) electrons. The molecule has 1 amide bonds. The molecule has 7 heteroatoms. The summed E-state index contributed by atoms with van der Waals surface area (Å²) in [4.78, 5) is 14.3. The van der Waals surface area contributed by atoms with Gasteiger partial charge < -0.3 is 15.0 Å². The second kappa shape index (κ2) is 8.98. The van der Waals surface area contributed by atoms with E-state index in [-0.39, 0.29) is 17.8 Å². The van der Waals surface area contributed by atoms with Crippen molar-refractivity contribution in [2.45, 2.75) is 51.6 Å². The molecule has 1 aromatic heterocycles. The van der Waals surface area contributed by atoms with E-state index in [2.05, 4.69) is 28.2 Å². The van der Waals surface area contributed by atoms with E-state index >= 15 is 0 Å². The molecule has 2 aromatic carbocycles. The molecule has 172 valence electrons. The van der Waals surface area contributed by atoms with Gasteiger partial charge in [0, 0.05) is 35.9 Å². The van der Waals surface area contributed by atoms with Crippen LogP contribution >= 0.6 is 0 Å². The van der Waals surface area contributed by atoms with E-state index in [4.69, 9.17) is 4.74 Å². The molecular formula is C26H29FN4O2. The first kappa shape index (κ1) is 21.6. The van der Waals surface area contributed by atoms with Crippen LogP contribution in [0.5, 0.6) is 11.5 Å². The smallest absolute Gasteiger partial charge is 0.224 e. The highest BCUT2D eigenvalue weighted by atomic mass is 19.1. The van der Waals surface area contributed by atoms with Crippen LogP contribution in [0.15, 0.2) is 48.8 Å². The fourth-order valence-corrected chi connectivity index (χ4v) is 5.00. The van der Waals surface area contributed by atoms with Gasteiger partial charge in [-0.3, -0.25) is 9.48 Å². The first-order valence-electron chi connectivity index (χ1n) is 11.7. The lowest BCUT2D eigenvalue weighted by atomic mass is 9.92. The summed E-state index contributed by atoms with van der Waals surface area (Å²) in [7, 11) is 0. The van der Waals surface area contributed by atoms with Crippen LogP contribution in [0.3, 0.4) is 0 Å². The SMILES string of the molecule is CC(=O)N1c2ccc(-c3cnn(C4CCNCC4)c3)c(Oc3ccc(F)cc3)c2CCC1C. The van der Waals surface area contributed by atoms with E-state index in [1.165, 1.54) is 12.1 Å². The maximum atomic E-state index is 13.5. The molecule has 0 saturated carbocycles. The normalized spacial score (nSPS) is 18.8. The van der Waals surface area contributed by atoms with Gasteiger partial charge in [-0.05, 0) is 82.1 Å². The number of anilines is 1. The third-order valence-corrected chi connectivity index (χ3v) is 6.72. The number of hydrogen-bond donors (Lipinski definition) is 1. The Bertz CT molecular complexity index is 1150. The zero-order valence-electron chi connectivity index (χ0n) is 19.1. The number of amides is 1. The number of aromatic nitrogens is 2. The van der Waals surface area contributed by atoms with Gasteiger partial charge in [-0.15, -0.1) is 0 Å².